The highest BCUT2D eigenvalue weighted by Gasteiger charge is 2.27. The Labute approximate surface area is 136 Å². The van der Waals surface area contributed by atoms with Gasteiger partial charge in [0.05, 0.1) is 24.7 Å². The van der Waals surface area contributed by atoms with E-state index in [1.807, 2.05) is 33.0 Å². The minimum atomic E-state index is -2.54. The first-order valence-corrected chi connectivity index (χ1v) is 11.6. The van der Waals surface area contributed by atoms with E-state index >= 15 is 0 Å². The molecule has 2 N–H and O–H groups in total. The van der Waals surface area contributed by atoms with Gasteiger partial charge in [-0.1, -0.05) is 22.0 Å². The number of benzene rings is 1. The number of aryl methyl sites for hydroxylation is 2. The molecule has 1 heterocycles. The number of anilines is 1. The van der Waals surface area contributed by atoms with E-state index in [4.69, 9.17) is 0 Å². The average Bonchev–Trinajstić information content (AvgIpc) is 2.65. The molecule has 1 atom stereocenters. The topological polar surface area (TPSA) is 67.2 Å². The van der Waals surface area contributed by atoms with Gasteiger partial charge in [-0.15, -0.1) is 0 Å². The maximum atomic E-state index is 11.7. The highest BCUT2D eigenvalue weighted by Crippen LogP contribution is 2.62. The van der Waals surface area contributed by atoms with E-state index in [1.165, 1.54) is 0 Å². The van der Waals surface area contributed by atoms with Gasteiger partial charge in [-0.3, -0.25) is 7.75 Å². The minimum absolute atomic E-state index is 0.650. The van der Waals surface area contributed by atoms with E-state index in [1.54, 1.807) is 16.8 Å². The van der Waals surface area contributed by atoms with Crippen molar-refractivity contribution >= 4 is 49.1 Å². The molecule has 0 bridgehead atoms. The summed E-state index contributed by atoms with van der Waals surface area (Å²) >= 11 is 1.71. The normalized spacial score (nSPS) is 15.7. The van der Waals surface area contributed by atoms with Crippen LogP contribution in [0.15, 0.2) is 33.6 Å². The van der Waals surface area contributed by atoms with Crippen LogP contribution in [0.25, 0.3) is 0 Å². The van der Waals surface area contributed by atoms with Crippen molar-refractivity contribution in [2.45, 2.75) is 18.7 Å². The number of hydrogen-bond acceptors (Lipinski definition) is 4. The van der Waals surface area contributed by atoms with Crippen LogP contribution in [0.2, 0.25) is 0 Å². The molecule has 5 nitrogen and oxygen atoms in total. The summed E-state index contributed by atoms with van der Waals surface area (Å²) < 4.78 is 28.1. The molecule has 2 rings (SSSR count). The third-order valence-corrected chi connectivity index (χ3v) is 8.72. The van der Waals surface area contributed by atoms with E-state index in [9.17, 15) is 7.62 Å². The highest BCUT2D eigenvalue weighted by molar-refractivity contribution is 14.2. The summed E-state index contributed by atoms with van der Waals surface area (Å²) in [5, 5.41) is 4.30. The lowest BCUT2D eigenvalue weighted by Crippen LogP contribution is -2.06. The summed E-state index contributed by atoms with van der Waals surface area (Å²) in [5.41, 5.74) is 2.43. The number of rotatable bonds is 4. The smallest absolute Gasteiger partial charge is 0.246 e. The van der Waals surface area contributed by atoms with Crippen LogP contribution >= 0.6 is 43.4 Å². The second kappa shape index (κ2) is 6.12. The molecule has 0 fully saturated rings. The summed E-state index contributed by atoms with van der Waals surface area (Å²) in [6, 6.07) is 7.27. The molecule has 0 saturated carbocycles. The third-order valence-electron chi connectivity index (χ3n) is 2.95. The number of nitrogens with one attached hydrogen (secondary N) is 1. The number of aromatic nitrogens is 2. The molecule has 0 aliphatic carbocycles. The summed E-state index contributed by atoms with van der Waals surface area (Å²) in [4.78, 5) is 0.650. The van der Waals surface area contributed by atoms with Gasteiger partial charge in [0, 0.05) is 16.4 Å². The lowest BCUT2D eigenvalue weighted by atomic mass is 10.3. The average molecular weight is 472 g/mol. The molecule has 0 amide bonds. The molecule has 1 aromatic heterocycles. The van der Waals surface area contributed by atoms with Gasteiger partial charge >= 0.3 is 0 Å². The second-order valence-electron chi connectivity index (χ2n) is 4.30. The summed E-state index contributed by atoms with van der Waals surface area (Å²) in [6.45, 7) is 3.77. The molecule has 0 spiro atoms. The third kappa shape index (κ3) is 3.07. The first-order chi connectivity index (χ1) is 9.37. The zero-order valence-corrected chi connectivity index (χ0v) is 15.8. The molecule has 110 valence electrons. The predicted molar refractivity (Wildman–Crippen MR) is 93.6 cm³/mol. The van der Waals surface area contributed by atoms with E-state index in [2.05, 4.69) is 25.8 Å². The molecule has 0 radical (unpaired) electrons. The fourth-order valence-electron chi connectivity index (χ4n) is 1.80. The fraction of sp³-hybridized carbons (Fsp3) is 0.250. The Morgan fingerprint density at radius 1 is 1.45 bits per heavy atom. The Kier molecular flexibility index (Phi) is 4.88. The van der Waals surface area contributed by atoms with Crippen molar-refractivity contribution in [1.82, 2.24) is 9.78 Å². The van der Waals surface area contributed by atoms with E-state index in [-0.39, 0.29) is 0 Å². The lowest BCUT2D eigenvalue weighted by molar-refractivity contribution is 0.639. The van der Waals surface area contributed by atoms with Crippen molar-refractivity contribution in [3.05, 3.63) is 40.1 Å². The first kappa shape index (κ1) is 15.9. The van der Waals surface area contributed by atoms with Crippen molar-refractivity contribution < 1.29 is 7.62 Å². The number of nitrogens with zero attached hydrogens (tertiary/aromatic N) is 2. The molecule has 20 heavy (non-hydrogen) atoms. The van der Waals surface area contributed by atoms with Crippen LogP contribution in [0, 0.1) is 13.8 Å². The number of halogens is 2. The largest absolute Gasteiger partial charge is 0.319 e. The van der Waals surface area contributed by atoms with Crippen molar-refractivity contribution in [3.63, 3.8) is 0 Å². The maximum absolute atomic E-state index is 11.7. The van der Waals surface area contributed by atoms with Gasteiger partial charge in [-0.2, -0.15) is 5.10 Å². The molecular weight excluding hydrogens is 457 g/mol. The van der Waals surface area contributed by atoms with Crippen LogP contribution in [-0.2, 0) is 10.1 Å². The Bertz CT molecular complexity index is 664. The van der Waals surface area contributed by atoms with Crippen LogP contribution in [0.5, 0.6) is 0 Å². The van der Waals surface area contributed by atoms with Gasteiger partial charge < -0.3 is 9.27 Å². The lowest BCUT2D eigenvalue weighted by Gasteiger charge is -2.28. The monoisotopic (exact) mass is 471 g/mol. The first-order valence-electron chi connectivity index (χ1n) is 5.75. The molecule has 0 saturated heterocycles. The SMILES string of the molecule is Cc1nn(C)c(C)c1NS(O)(I=O)c1cccc(Br)c1. The zero-order valence-electron chi connectivity index (χ0n) is 11.2. The van der Waals surface area contributed by atoms with Crippen LogP contribution in [0.3, 0.4) is 0 Å². The maximum Gasteiger partial charge on any atom is 0.246 e. The van der Waals surface area contributed by atoms with E-state index < -0.39 is 27.5 Å². The van der Waals surface area contributed by atoms with E-state index in [0.717, 1.165) is 21.5 Å². The van der Waals surface area contributed by atoms with Crippen molar-refractivity contribution in [3.8, 4) is 0 Å². The van der Waals surface area contributed by atoms with Crippen molar-refractivity contribution in [2.75, 3.05) is 4.72 Å². The minimum Gasteiger partial charge on any atom is -0.319 e. The predicted octanol–water partition coefficient (Wildman–Crippen LogP) is 4.69. The zero-order chi connectivity index (χ0) is 14.9. The molecule has 2 aromatic rings. The standard InChI is InChI=1S/C12H15BrIN3O2S/c1-8-12(9(2)17(3)15-8)16-20(19,14-18)11-6-4-5-10(13)7-11/h4-7,16,19H,1-3H3. The molecule has 8 heteroatoms. The Morgan fingerprint density at radius 3 is 2.65 bits per heavy atom. The molecular formula is C12H15BrIN3O2S. The van der Waals surface area contributed by atoms with Gasteiger partial charge in [-0.25, -0.2) is 0 Å². The fourth-order valence-corrected chi connectivity index (χ4v) is 6.06. The Morgan fingerprint density at radius 2 is 2.15 bits per heavy atom. The molecule has 0 aliphatic rings. The highest BCUT2D eigenvalue weighted by atomic mass is 127. The van der Waals surface area contributed by atoms with Crippen molar-refractivity contribution in [1.29, 1.82) is 0 Å². The second-order valence-corrected chi connectivity index (χ2v) is 11.9. The van der Waals surface area contributed by atoms with Gasteiger partial charge in [0.25, 0.3) is 0 Å². The van der Waals surface area contributed by atoms with Gasteiger partial charge in [0.1, 0.15) is 0 Å². The molecule has 1 unspecified atom stereocenters. The van der Waals surface area contributed by atoms with Crippen LogP contribution in [0.4, 0.5) is 5.69 Å². The van der Waals surface area contributed by atoms with Crippen LogP contribution in [0.1, 0.15) is 11.4 Å². The van der Waals surface area contributed by atoms with E-state index in [0.29, 0.717) is 4.90 Å². The van der Waals surface area contributed by atoms with Crippen LogP contribution < -0.4 is 4.72 Å². The van der Waals surface area contributed by atoms with Crippen molar-refractivity contribution in [2.24, 2.45) is 7.05 Å². The number of hydrogen-bond donors (Lipinski definition) is 2. The summed E-state index contributed by atoms with van der Waals surface area (Å²) in [5.74, 6) is 0. The summed E-state index contributed by atoms with van der Waals surface area (Å²) in [6.07, 6.45) is 0. The van der Waals surface area contributed by atoms with Gasteiger partial charge in [0.2, 0.25) is 19.8 Å². The summed E-state index contributed by atoms with van der Waals surface area (Å²) in [7, 11) is -0.701. The Hall–Kier alpha value is -0.450. The quantitative estimate of drug-likeness (QED) is 0.634. The molecule has 0 aliphatic heterocycles. The van der Waals surface area contributed by atoms with Crippen LogP contribution in [-0.4, -0.2) is 14.3 Å². The van der Waals surface area contributed by atoms with Gasteiger partial charge in [-0.05, 0) is 32.0 Å². The van der Waals surface area contributed by atoms with Gasteiger partial charge in [0.15, 0.2) is 0 Å². The molecule has 1 aromatic carbocycles. The Balaban J connectivity index is 2.44.